The topological polar surface area (TPSA) is 220 Å². The Kier molecular flexibility index (Phi) is 11.7. The van der Waals surface area contributed by atoms with E-state index in [2.05, 4.69) is 20.6 Å². The molecule has 0 saturated heterocycles. The van der Waals surface area contributed by atoms with Gasteiger partial charge in [0.25, 0.3) is 0 Å². The fourth-order valence-corrected chi connectivity index (χ4v) is 3.08. The van der Waals surface area contributed by atoms with E-state index in [0.29, 0.717) is 17.9 Å². The number of nitrogens with one attached hydrogen (secondary N) is 4. The third-order valence-corrected chi connectivity index (χ3v) is 5.09. The average Bonchev–Trinajstić information content (AvgIpc) is 3.25. The van der Waals surface area contributed by atoms with Crippen molar-refractivity contribution >= 4 is 35.5 Å². The molecule has 0 saturated carbocycles. The summed E-state index contributed by atoms with van der Waals surface area (Å²) < 4.78 is 0. The molecule has 0 fully saturated rings. The molecule has 13 nitrogen and oxygen atoms in total. The zero-order valence-corrected chi connectivity index (χ0v) is 18.6. The minimum Gasteiger partial charge on any atom is -0.480 e. The summed E-state index contributed by atoms with van der Waals surface area (Å²) in [7, 11) is 0. The predicted molar refractivity (Wildman–Crippen MR) is 115 cm³/mol. The van der Waals surface area contributed by atoms with Gasteiger partial charge in [0.05, 0.1) is 25.1 Å². The zero-order valence-electron chi connectivity index (χ0n) is 17.8. The van der Waals surface area contributed by atoms with Crippen LogP contribution in [0.1, 0.15) is 19.0 Å². The third-order valence-electron chi connectivity index (χ3n) is 4.44. The first kappa shape index (κ1) is 27.4. The van der Waals surface area contributed by atoms with Gasteiger partial charge in [0.1, 0.15) is 18.1 Å². The van der Waals surface area contributed by atoms with Crippen LogP contribution >= 0.6 is 11.8 Å². The van der Waals surface area contributed by atoms with Gasteiger partial charge in [-0.2, -0.15) is 11.8 Å². The molecule has 1 aromatic heterocycles. The highest BCUT2D eigenvalue weighted by atomic mass is 32.2. The number of hydrogen-bond acceptors (Lipinski definition) is 9. The Morgan fingerprint density at radius 2 is 1.81 bits per heavy atom. The molecule has 0 radical (unpaired) electrons. The maximum atomic E-state index is 12.9. The number of carboxylic acid groups (broad SMARTS) is 1. The Labute approximate surface area is 188 Å². The average molecular weight is 475 g/mol. The molecule has 1 heterocycles. The molecule has 1 rings (SSSR count). The van der Waals surface area contributed by atoms with Crippen LogP contribution in [0.3, 0.4) is 0 Å². The molecule has 0 aliphatic heterocycles. The molecule has 0 aliphatic rings. The summed E-state index contributed by atoms with van der Waals surface area (Å²) in [5.41, 5.74) is 6.38. The van der Waals surface area contributed by atoms with Crippen molar-refractivity contribution in [2.24, 2.45) is 5.73 Å². The fraction of sp³-hybridized carbons (Fsp3) is 0.611. The molecule has 0 aliphatic carbocycles. The number of thioether (sulfide) groups is 1. The van der Waals surface area contributed by atoms with E-state index < -0.39 is 60.6 Å². The maximum Gasteiger partial charge on any atom is 0.328 e. The van der Waals surface area contributed by atoms with Crippen molar-refractivity contribution in [2.75, 3.05) is 18.6 Å². The lowest BCUT2D eigenvalue weighted by atomic mass is 10.1. The van der Waals surface area contributed by atoms with E-state index >= 15 is 0 Å². The first-order valence-corrected chi connectivity index (χ1v) is 11.1. The van der Waals surface area contributed by atoms with Crippen molar-refractivity contribution in [2.45, 2.75) is 50.0 Å². The molecule has 1 aromatic rings. The van der Waals surface area contributed by atoms with Gasteiger partial charge in [-0.15, -0.1) is 0 Å². The number of nitrogens with two attached hydrogens (primary N) is 1. The highest BCUT2D eigenvalue weighted by molar-refractivity contribution is 7.98. The SMILES string of the molecule is CSCCC(N)C(=O)NC(Cc1cnc[nH]1)C(=O)NC(C(=O)NC(CO)C(=O)O)C(C)O. The van der Waals surface area contributed by atoms with Crippen LogP contribution in [0.25, 0.3) is 0 Å². The number of aromatic amines is 1. The van der Waals surface area contributed by atoms with Crippen LogP contribution in [0.15, 0.2) is 12.5 Å². The van der Waals surface area contributed by atoms with Crippen LogP contribution in [0.2, 0.25) is 0 Å². The number of rotatable bonds is 14. The summed E-state index contributed by atoms with van der Waals surface area (Å²) in [4.78, 5) is 55.4. The van der Waals surface area contributed by atoms with Crippen LogP contribution in [0.4, 0.5) is 0 Å². The van der Waals surface area contributed by atoms with E-state index in [1.807, 2.05) is 11.6 Å². The van der Waals surface area contributed by atoms with Gasteiger partial charge in [-0.25, -0.2) is 9.78 Å². The third kappa shape index (κ3) is 8.82. The zero-order chi connectivity index (χ0) is 24.3. The second-order valence-electron chi connectivity index (χ2n) is 7.04. The predicted octanol–water partition coefficient (Wildman–Crippen LogP) is -3.06. The molecule has 3 amide bonds. The summed E-state index contributed by atoms with van der Waals surface area (Å²) in [5.74, 6) is -3.23. The Morgan fingerprint density at radius 1 is 1.16 bits per heavy atom. The highest BCUT2D eigenvalue weighted by Crippen LogP contribution is 2.04. The first-order valence-electron chi connectivity index (χ1n) is 9.75. The molecule has 5 unspecified atom stereocenters. The van der Waals surface area contributed by atoms with Gasteiger partial charge in [0.15, 0.2) is 0 Å². The lowest BCUT2D eigenvalue weighted by Gasteiger charge is -2.26. The largest absolute Gasteiger partial charge is 0.480 e. The smallest absolute Gasteiger partial charge is 0.328 e. The van der Waals surface area contributed by atoms with Gasteiger partial charge in [-0.05, 0) is 25.4 Å². The second-order valence-corrected chi connectivity index (χ2v) is 8.02. The van der Waals surface area contributed by atoms with Crippen molar-refractivity contribution < 1.29 is 34.5 Å². The van der Waals surface area contributed by atoms with E-state index in [9.17, 15) is 24.3 Å². The van der Waals surface area contributed by atoms with Gasteiger partial charge < -0.3 is 42.0 Å². The number of aliphatic hydroxyl groups excluding tert-OH is 2. The Hall–Kier alpha value is -2.68. The normalized spacial score (nSPS) is 15.7. The van der Waals surface area contributed by atoms with Crippen LogP contribution < -0.4 is 21.7 Å². The molecular formula is C18H30N6O7S. The summed E-state index contributed by atoms with van der Waals surface area (Å²) >= 11 is 1.52. The van der Waals surface area contributed by atoms with Crippen LogP contribution in [-0.2, 0) is 25.6 Å². The van der Waals surface area contributed by atoms with Crippen molar-refractivity contribution in [3.63, 3.8) is 0 Å². The molecule has 0 spiro atoms. The molecule has 0 bridgehead atoms. The van der Waals surface area contributed by atoms with Crippen LogP contribution in [0, 0.1) is 0 Å². The Balaban J connectivity index is 2.96. The maximum absolute atomic E-state index is 12.9. The molecule has 14 heteroatoms. The number of carbonyl (C=O) groups excluding carboxylic acids is 3. The van der Waals surface area contributed by atoms with Gasteiger partial charge >= 0.3 is 5.97 Å². The van der Waals surface area contributed by atoms with Crippen molar-refractivity contribution in [3.05, 3.63) is 18.2 Å². The molecule has 9 N–H and O–H groups in total. The van der Waals surface area contributed by atoms with Gasteiger partial charge in [0.2, 0.25) is 17.7 Å². The number of aliphatic carboxylic acids is 1. The fourth-order valence-electron chi connectivity index (χ4n) is 2.59. The monoisotopic (exact) mass is 474 g/mol. The number of hydrogen-bond donors (Lipinski definition) is 8. The van der Waals surface area contributed by atoms with E-state index in [4.69, 9.17) is 15.9 Å². The van der Waals surface area contributed by atoms with E-state index in [-0.39, 0.29) is 6.42 Å². The number of imidazole rings is 1. The highest BCUT2D eigenvalue weighted by Gasteiger charge is 2.32. The minimum absolute atomic E-state index is 0.00460. The Bertz CT molecular complexity index is 761. The van der Waals surface area contributed by atoms with Gasteiger partial charge in [-0.1, -0.05) is 0 Å². The summed E-state index contributed by atoms with van der Waals surface area (Å²) in [6.07, 6.45) is 3.70. The summed E-state index contributed by atoms with van der Waals surface area (Å²) in [6, 6.07) is -5.17. The number of nitrogens with zero attached hydrogens (tertiary/aromatic N) is 1. The van der Waals surface area contributed by atoms with Crippen molar-refractivity contribution in [3.8, 4) is 0 Å². The quantitative estimate of drug-likeness (QED) is 0.136. The lowest BCUT2D eigenvalue weighted by Crippen LogP contribution is -2.60. The minimum atomic E-state index is -1.62. The second kappa shape index (κ2) is 13.7. The standard InChI is InChI=1S/C18H30N6O7S/c1-9(26)14(17(29)23-13(7-25)18(30)31)24-16(28)12(5-10-6-20-8-21-10)22-15(27)11(19)3-4-32-2/h6,8-9,11-14,25-26H,3-5,7,19H2,1-2H3,(H,20,21)(H,22,27)(H,23,29)(H,24,28)(H,30,31). The number of aromatic nitrogens is 2. The first-order chi connectivity index (χ1) is 15.1. The van der Waals surface area contributed by atoms with Gasteiger partial charge in [-0.3, -0.25) is 14.4 Å². The van der Waals surface area contributed by atoms with Crippen LogP contribution in [-0.4, -0.2) is 97.9 Å². The van der Waals surface area contributed by atoms with Gasteiger partial charge in [0, 0.05) is 18.3 Å². The van der Waals surface area contributed by atoms with Crippen molar-refractivity contribution in [1.82, 2.24) is 25.9 Å². The van der Waals surface area contributed by atoms with E-state index in [1.165, 1.54) is 31.2 Å². The number of carboxylic acids is 1. The Morgan fingerprint density at radius 3 is 2.31 bits per heavy atom. The van der Waals surface area contributed by atoms with E-state index in [1.54, 1.807) is 0 Å². The number of aliphatic hydroxyl groups is 2. The molecule has 32 heavy (non-hydrogen) atoms. The number of H-pyrrole nitrogens is 1. The van der Waals surface area contributed by atoms with E-state index in [0.717, 1.165) is 0 Å². The molecule has 0 aromatic carbocycles. The summed E-state index contributed by atoms with van der Waals surface area (Å²) in [6.45, 7) is 0.341. The van der Waals surface area contributed by atoms with Crippen LogP contribution in [0.5, 0.6) is 0 Å². The summed E-state index contributed by atoms with van der Waals surface area (Å²) in [5, 5.41) is 34.9. The lowest BCUT2D eigenvalue weighted by molar-refractivity contribution is -0.144. The molecule has 180 valence electrons. The number of amides is 3. The van der Waals surface area contributed by atoms with Crippen molar-refractivity contribution in [1.29, 1.82) is 0 Å². The molecular weight excluding hydrogens is 444 g/mol. The molecule has 5 atom stereocenters. The number of carbonyl (C=O) groups is 4.